The van der Waals surface area contributed by atoms with E-state index in [9.17, 15) is 4.79 Å². The maximum Gasteiger partial charge on any atom is 0.308 e. The van der Waals surface area contributed by atoms with Crippen LogP contribution in [0.4, 0.5) is 0 Å². The molecule has 1 aliphatic heterocycles. The van der Waals surface area contributed by atoms with Crippen molar-refractivity contribution in [2.45, 2.75) is 18.9 Å². The van der Waals surface area contributed by atoms with E-state index in [-0.39, 0.29) is 12.0 Å². The van der Waals surface area contributed by atoms with Gasteiger partial charge in [-0.2, -0.15) is 0 Å². The minimum atomic E-state index is -0.613. The van der Waals surface area contributed by atoms with Crippen LogP contribution in [0.5, 0.6) is 0 Å². The van der Waals surface area contributed by atoms with E-state index in [1.54, 1.807) is 0 Å². The van der Waals surface area contributed by atoms with E-state index in [1.165, 1.54) is 0 Å². The summed E-state index contributed by atoms with van der Waals surface area (Å²) < 4.78 is 0. The van der Waals surface area contributed by atoms with Gasteiger partial charge < -0.3 is 10.4 Å². The van der Waals surface area contributed by atoms with Crippen molar-refractivity contribution in [1.29, 1.82) is 0 Å². The molecule has 0 amide bonds. The summed E-state index contributed by atoms with van der Waals surface area (Å²) in [6, 6.07) is 0.280. The van der Waals surface area contributed by atoms with Gasteiger partial charge >= 0.3 is 5.97 Å². The molecule has 1 saturated heterocycles. The molecule has 1 saturated carbocycles. The molecule has 2 N–H and O–H groups in total. The second-order valence-corrected chi connectivity index (χ2v) is 3.22. The van der Waals surface area contributed by atoms with E-state index >= 15 is 0 Å². The molecule has 1 aliphatic carbocycles. The van der Waals surface area contributed by atoms with Crippen LogP contribution < -0.4 is 5.32 Å². The first-order chi connectivity index (χ1) is 4.79. The molecule has 2 aliphatic rings. The van der Waals surface area contributed by atoms with E-state index in [0.717, 1.165) is 19.4 Å². The first kappa shape index (κ1) is 6.16. The number of aliphatic carboxylic acids is 1. The highest BCUT2D eigenvalue weighted by Gasteiger charge is 2.45. The van der Waals surface area contributed by atoms with E-state index in [4.69, 9.17) is 5.11 Å². The molecule has 10 heavy (non-hydrogen) atoms. The number of hydrogen-bond acceptors (Lipinski definition) is 2. The third-order valence-corrected chi connectivity index (χ3v) is 2.72. The molecule has 56 valence electrons. The molecular formula is C7H11NO2. The topological polar surface area (TPSA) is 49.3 Å². The van der Waals surface area contributed by atoms with Gasteiger partial charge in [0.05, 0.1) is 5.92 Å². The molecule has 0 spiro atoms. The minimum absolute atomic E-state index is 0.0833. The zero-order valence-corrected chi connectivity index (χ0v) is 5.71. The first-order valence-electron chi connectivity index (χ1n) is 3.75. The van der Waals surface area contributed by atoms with E-state index in [2.05, 4.69) is 5.32 Å². The van der Waals surface area contributed by atoms with E-state index in [0.29, 0.717) is 5.92 Å². The Morgan fingerprint density at radius 2 is 2.30 bits per heavy atom. The van der Waals surface area contributed by atoms with Gasteiger partial charge in [-0.25, -0.2) is 0 Å². The second kappa shape index (κ2) is 1.95. The van der Waals surface area contributed by atoms with Gasteiger partial charge in [0.25, 0.3) is 0 Å². The molecule has 3 nitrogen and oxygen atoms in total. The van der Waals surface area contributed by atoms with Crippen LogP contribution in [0.1, 0.15) is 12.8 Å². The van der Waals surface area contributed by atoms with Crippen LogP contribution in [0.15, 0.2) is 0 Å². The molecule has 0 radical (unpaired) electrons. The van der Waals surface area contributed by atoms with Crippen LogP contribution in [-0.4, -0.2) is 23.7 Å². The lowest BCUT2D eigenvalue weighted by molar-refractivity contribution is -0.142. The van der Waals surface area contributed by atoms with Crippen molar-refractivity contribution in [2.75, 3.05) is 6.54 Å². The molecule has 2 fully saturated rings. The SMILES string of the molecule is O=C(O)[C@@H]1[C@H]2CC[C@H]1NC2. The van der Waals surface area contributed by atoms with Gasteiger partial charge in [0.1, 0.15) is 0 Å². The highest BCUT2D eigenvalue weighted by Crippen LogP contribution is 2.36. The van der Waals surface area contributed by atoms with Crippen molar-refractivity contribution in [3.63, 3.8) is 0 Å². The molecule has 0 unspecified atom stereocenters. The van der Waals surface area contributed by atoms with E-state index in [1.807, 2.05) is 0 Å². The summed E-state index contributed by atoms with van der Waals surface area (Å²) in [5.41, 5.74) is 0. The van der Waals surface area contributed by atoms with Crippen molar-refractivity contribution >= 4 is 5.97 Å². The van der Waals surface area contributed by atoms with Crippen molar-refractivity contribution in [3.8, 4) is 0 Å². The number of piperidine rings is 1. The van der Waals surface area contributed by atoms with Gasteiger partial charge in [0.2, 0.25) is 0 Å². The predicted molar refractivity (Wildman–Crippen MR) is 35.6 cm³/mol. The Morgan fingerprint density at radius 3 is 2.50 bits per heavy atom. The lowest BCUT2D eigenvalue weighted by Gasteiger charge is -2.08. The molecule has 2 rings (SSSR count). The zero-order chi connectivity index (χ0) is 7.14. The molecule has 0 aromatic carbocycles. The monoisotopic (exact) mass is 141 g/mol. The molecule has 0 aromatic heterocycles. The number of nitrogens with one attached hydrogen (secondary N) is 1. The Morgan fingerprint density at radius 1 is 1.50 bits per heavy atom. The van der Waals surface area contributed by atoms with Crippen molar-refractivity contribution in [1.82, 2.24) is 5.32 Å². The summed E-state index contributed by atoms with van der Waals surface area (Å²) in [7, 11) is 0. The number of fused-ring (bicyclic) bond motifs is 2. The first-order valence-corrected chi connectivity index (χ1v) is 3.75. The Kier molecular flexibility index (Phi) is 1.20. The van der Waals surface area contributed by atoms with Gasteiger partial charge in [0.15, 0.2) is 0 Å². The normalized spacial score (nSPS) is 44.2. The van der Waals surface area contributed by atoms with Crippen LogP contribution >= 0.6 is 0 Å². The van der Waals surface area contributed by atoms with Crippen LogP contribution in [0.3, 0.4) is 0 Å². The quantitative estimate of drug-likeness (QED) is 0.543. The standard InChI is InChI=1S/C7H11NO2/c9-7(10)6-4-1-2-5(6)8-3-4/h4-6,8H,1-3H2,(H,9,10)/t4-,5+,6+/m0/s1. The molecule has 3 atom stereocenters. The number of carboxylic acids is 1. The van der Waals surface area contributed by atoms with Crippen LogP contribution in [0.25, 0.3) is 0 Å². The van der Waals surface area contributed by atoms with Crippen LogP contribution in [0.2, 0.25) is 0 Å². The van der Waals surface area contributed by atoms with Crippen molar-refractivity contribution < 1.29 is 9.90 Å². The number of rotatable bonds is 1. The van der Waals surface area contributed by atoms with Crippen molar-refractivity contribution in [3.05, 3.63) is 0 Å². The lowest BCUT2D eigenvalue weighted by atomic mass is 9.99. The molecule has 1 heterocycles. The van der Waals surface area contributed by atoms with Gasteiger partial charge in [-0.1, -0.05) is 0 Å². The number of hydrogen-bond donors (Lipinski definition) is 2. The summed E-state index contributed by atoms with van der Waals surface area (Å²) >= 11 is 0. The fourth-order valence-electron chi connectivity index (χ4n) is 2.22. The predicted octanol–water partition coefficient (Wildman–Crippen LogP) is 0.0690. The third kappa shape index (κ3) is 0.669. The Hall–Kier alpha value is -0.570. The Labute approximate surface area is 59.4 Å². The summed E-state index contributed by atoms with van der Waals surface area (Å²) in [4.78, 5) is 10.6. The molecular weight excluding hydrogens is 130 g/mol. The van der Waals surface area contributed by atoms with Gasteiger partial charge in [-0.15, -0.1) is 0 Å². The molecule has 0 aromatic rings. The number of carboxylic acid groups (broad SMARTS) is 1. The maximum atomic E-state index is 10.6. The minimum Gasteiger partial charge on any atom is -0.481 e. The zero-order valence-electron chi connectivity index (χ0n) is 5.71. The molecule has 2 bridgehead atoms. The maximum absolute atomic E-state index is 10.6. The number of carbonyl (C=O) groups is 1. The average molecular weight is 141 g/mol. The highest BCUT2D eigenvalue weighted by atomic mass is 16.4. The summed E-state index contributed by atoms with van der Waals surface area (Å²) in [6.07, 6.45) is 2.16. The third-order valence-electron chi connectivity index (χ3n) is 2.72. The van der Waals surface area contributed by atoms with E-state index < -0.39 is 5.97 Å². The van der Waals surface area contributed by atoms with Gasteiger partial charge in [0, 0.05) is 6.04 Å². The highest BCUT2D eigenvalue weighted by molar-refractivity contribution is 5.72. The largest absolute Gasteiger partial charge is 0.481 e. The summed E-state index contributed by atoms with van der Waals surface area (Å²) in [5.74, 6) is -0.278. The van der Waals surface area contributed by atoms with Gasteiger partial charge in [-0.3, -0.25) is 4.79 Å². The summed E-state index contributed by atoms with van der Waals surface area (Å²) in [6.45, 7) is 0.918. The smallest absolute Gasteiger partial charge is 0.308 e. The fourth-order valence-corrected chi connectivity index (χ4v) is 2.22. The van der Waals surface area contributed by atoms with Crippen molar-refractivity contribution in [2.24, 2.45) is 11.8 Å². The fraction of sp³-hybridized carbons (Fsp3) is 0.857. The second-order valence-electron chi connectivity index (χ2n) is 3.22. The van der Waals surface area contributed by atoms with Gasteiger partial charge in [-0.05, 0) is 25.3 Å². The Balaban J connectivity index is 2.16. The molecule has 3 heteroatoms. The average Bonchev–Trinajstić information content (AvgIpc) is 2.43. The Bertz CT molecular complexity index is 149. The summed E-state index contributed by atoms with van der Waals surface area (Å²) in [5, 5.41) is 12.0. The lowest BCUT2D eigenvalue weighted by Crippen LogP contribution is -2.28. The van der Waals surface area contributed by atoms with Crippen LogP contribution in [0, 0.1) is 11.8 Å². The van der Waals surface area contributed by atoms with Crippen LogP contribution in [-0.2, 0) is 4.79 Å².